The van der Waals surface area contributed by atoms with Gasteiger partial charge in [-0.3, -0.25) is 5.10 Å². The van der Waals surface area contributed by atoms with E-state index in [1.165, 1.54) is 0 Å². The van der Waals surface area contributed by atoms with Crippen LogP contribution in [0.3, 0.4) is 0 Å². The molecule has 0 bridgehead atoms. The Morgan fingerprint density at radius 2 is 2.26 bits per heavy atom. The second-order valence-electron chi connectivity index (χ2n) is 4.25. The number of imidazole rings is 1. The Bertz CT molecular complexity index is 668. The molecule has 1 aromatic carbocycles. The summed E-state index contributed by atoms with van der Waals surface area (Å²) in [5.74, 6) is 2.22. The van der Waals surface area contributed by atoms with E-state index in [1.807, 2.05) is 30.5 Å². The van der Waals surface area contributed by atoms with Gasteiger partial charge in [-0.25, -0.2) is 9.50 Å². The molecule has 0 amide bonds. The average Bonchev–Trinajstić information content (AvgIpc) is 2.97. The number of aromatic amines is 1. The van der Waals surface area contributed by atoms with Crippen molar-refractivity contribution in [1.82, 2.24) is 19.6 Å². The average molecular weight is 257 g/mol. The summed E-state index contributed by atoms with van der Waals surface area (Å²) in [6.07, 6.45) is 2.67. The summed E-state index contributed by atoms with van der Waals surface area (Å²) in [5, 5.41) is 3.19. The molecule has 0 saturated heterocycles. The zero-order chi connectivity index (χ0) is 13.2. The van der Waals surface area contributed by atoms with Gasteiger partial charge in [0.25, 0.3) is 5.78 Å². The quantitative estimate of drug-likeness (QED) is 0.736. The van der Waals surface area contributed by atoms with Crippen LogP contribution in [0.2, 0.25) is 0 Å². The smallest absolute Gasteiger partial charge is 0.251 e. The highest BCUT2D eigenvalue weighted by Gasteiger charge is 2.09. The Kier molecular flexibility index (Phi) is 2.92. The monoisotopic (exact) mass is 257 g/mol. The lowest BCUT2D eigenvalue weighted by molar-refractivity contribution is 0.415. The molecule has 0 atom stereocenters. The summed E-state index contributed by atoms with van der Waals surface area (Å²) in [6.45, 7) is 0.586. The molecule has 0 aliphatic carbocycles. The van der Waals surface area contributed by atoms with E-state index in [2.05, 4.69) is 15.1 Å². The fraction of sp³-hybridized carbons (Fsp3) is 0.231. The largest absolute Gasteiger partial charge is 0.497 e. The molecule has 6 heteroatoms. The fourth-order valence-electron chi connectivity index (χ4n) is 1.99. The first kappa shape index (κ1) is 11.7. The van der Waals surface area contributed by atoms with Gasteiger partial charge in [-0.05, 0) is 18.7 Å². The van der Waals surface area contributed by atoms with Crippen LogP contribution in [-0.4, -0.2) is 33.2 Å². The first-order valence-corrected chi connectivity index (χ1v) is 6.08. The maximum atomic E-state index is 5.51. The summed E-state index contributed by atoms with van der Waals surface area (Å²) < 4.78 is 7.01. The number of methoxy groups -OCH3 is 1. The molecule has 3 aromatic rings. The zero-order valence-corrected chi connectivity index (χ0v) is 10.6. The van der Waals surface area contributed by atoms with Crippen LogP contribution in [0, 0.1) is 0 Å². The normalized spacial score (nSPS) is 11.1. The van der Waals surface area contributed by atoms with Crippen LogP contribution < -0.4 is 10.5 Å². The standard InChI is InChI=1S/C13H15N5O/c1-19-11-4-2-3-9(7-11)12-16-13-15-10(5-6-14)8-18(13)17-12/h2-4,7-8H,5-6,14H2,1H3,(H,15,16,17). The number of H-pyrrole nitrogens is 1. The van der Waals surface area contributed by atoms with Crippen molar-refractivity contribution in [3.8, 4) is 17.1 Å². The Balaban J connectivity index is 1.98. The van der Waals surface area contributed by atoms with Crippen LogP contribution >= 0.6 is 0 Å². The van der Waals surface area contributed by atoms with Gasteiger partial charge in [0.05, 0.1) is 19.0 Å². The third-order valence-electron chi connectivity index (χ3n) is 2.92. The number of hydrogen-bond acceptors (Lipinski definition) is 4. The lowest BCUT2D eigenvalue weighted by Crippen LogP contribution is -2.02. The zero-order valence-electron chi connectivity index (χ0n) is 10.6. The minimum Gasteiger partial charge on any atom is -0.497 e. The van der Waals surface area contributed by atoms with E-state index < -0.39 is 0 Å². The van der Waals surface area contributed by atoms with E-state index in [9.17, 15) is 0 Å². The lowest BCUT2D eigenvalue weighted by atomic mass is 10.2. The molecule has 0 aliphatic rings. The SMILES string of the molecule is COc1cccc(-c2nc3nc(CCN)cn3[nH]2)c1. The predicted molar refractivity (Wildman–Crippen MR) is 72.1 cm³/mol. The van der Waals surface area contributed by atoms with Crippen molar-refractivity contribution in [3.63, 3.8) is 0 Å². The van der Waals surface area contributed by atoms with E-state index >= 15 is 0 Å². The molecule has 2 heterocycles. The van der Waals surface area contributed by atoms with E-state index in [4.69, 9.17) is 10.5 Å². The molecule has 19 heavy (non-hydrogen) atoms. The third-order valence-corrected chi connectivity index (χ3v) is 2.92. The summed E-state index contributed by atoms with van der Waals surface area (Å²) in [7, 11) is 1.65. The van der Waals surface area contributed by atoms with Gasteiger partial charge in [-0.1, -0.05) is 12.1 Å². The van der Waals surface area contributed by atoms with Gasteiger partial charge in [0.1, 0.15) is 5.75 Å². The van der Waals surface area contributed by atoms with E-state index in [-0.39, 0.29) is 0 Å². The number of nitrogens with two attached hydrogens (primary N) is 1. The van der Waals surface area contributed by atoms with Gasteiger partial charge in [-0.2, -0.15) is 4.98 Å². The molecule has 2 aromatic heterocycles. The summed E-state index contributed by atoms with van der Waals surface area (Å²) >= 11 is 0. The molecule has 6 nitrogen and oxygen atoms in total. The van der Waals surface area contributed by atoms with Gasteiger partial charge < -0.3 is 10.5 Å². The molecular formula is C13H15N5O. The molecule has 0 aliphatic heterocycles. The highest BCUT2D eigenvalue weighted by Crippen LogP contribution is 2.21. The number of nitrogens with zero attached hydrogens (tertiary/aromatic N) is 3. The van der Waals surface area contributed by atoms with E-state index in [0.717, 1.165) is 29.3 Å². The fourth-order valence-corrected chi connectivity index (χ4v) is 1.99. The molecular weight excluding hydrogens is 242 g/mol. The molecule has 3 N–H and O–H groups in total. The van der Waals surface area contributed by atoms with Gasteiger partial charge in [0.15, 0.2) is 5.82 Å². The first-order valence-electron chi connectivity index (χ1n) is 6.08. The second-order valence-corrected chi connectivity index (χ2v) is 4.25. The molecule has 0 unspecified atom stereocenters. The van der Waals surface area contributed by atoms with Crippen LogP contribution in [0.1, 0.15) is 5.69 Å². The number of benzene rings is 1. The van der Waals surface area contributed by atoms with Gasteiger partial charge in [-0.15, -0.1) is 0 Å². The predicted octanol–water partition coefficient (Wildman–Crippen LogP) is 1.23. The van der Waals surface area contributed by atoms with Crippen LogP contribution in [-0.2, 0) is 6.42 Å². The molecule has 98 valence electrons. The lowest BCUT2D eigenvalue weighted by Gasteiger charge is -2.01. The number of ether oxygens (including phenoxy) is 1. The van der Waals surface area contributed by atoms with Crippen molar-refractivity contribution in [1.29, 1.82) is 0 Å². The molecule has 3 rings (SSSR count). The van der Waals surface area contributed by atoms with Gasteiger partial charge >= 0.3 is 0 Å². The number of aromatic nitrogens is 4. The van der Waals surface area contributed by atoms with E-state index in [1.54, 1.807) is 11.6 Å². The molecule has 0 fully saturated rings. The second kappa shape index (κ2) is 4.74. The first-order chi connectivity index (χ1) is 9.30. The summed E-state index contributed by atoms with van der Waals surface area (Å²) in [6, 6.07) is 7.73. The molecule has 0 radical (unpaired) electrons. The maximum absolute atomic E-state index is 5.51. The topological polar surface area (TPSA) is 81.2 Å². The van der Waals surface area contributed by atoms with Crippen molar-refractivity contribution in [2.24, 2.45) is 5.73 Å². The number of hydrogen-bond donors (Lipinski definition) is 2. The maximum Gasteiger partial charge on any atom is 0.251 e. The van der Waals surface area contributed by atoms with Crippen LogP contribution in [0.5, 0.6) is 5.75 Å². The summed E-state index contributed by atoms with van der Waals surface area (Å²) in [5.41, 5.74) is 7.42. The van der Waals surface area contributed by atoms with Crippen molar-refractivity contribution >= 4 is 5.78 Å². The van der Waals surface area contributed by atoms with Crippen LogP contribution in [0.15, 0.2) is 30.5 Å². The molecule has 0 spiro atoms. The highest BCUT2D eigenvalue weighted by molar-refractivity contribution is 5.59. The molecule has 0 saturated carbocycles. The van der Waals surface area contributed by atoms with Gasteiger partial charge in [0.2, 0.25) is 0 Å². The minimum atomic E-state index is 0.586. The Morgan fingerprint density at radius 1 is 1.37 bits per heavy atom. The Hall–Kier alpha value is -2.34. The number of nitrogens with one attached hydrogen (secondary N) is 1. The van der Waals surface area contributed by atoms with Crippen molar-refractivity contribution < 1.29 is 4.74 Å². The Labute approximate surface area is 110 Å². The van der Waals surface area contributed by atoms with Crippen LogP contribution in [0.25, 0.3) is 17.2 Å². The Morgan fingerprint density at radius 3 is 3.00 bits per heavy atom. The number of fused-ring (bicyclic) bond motifs is 1. The van der Waals surface area contributed by atoms with E-state index in [0.29, 0.717) is 12.3 Å². The van der Waals surface area contributed by atoms with Crippen molar-refractivity contribution in [2.75, 3.05) is 13.7 Å². The highest BCUT2D eigenvalue weighted by atomic mass is 16.5. The third kappa shape index (κ3) is 2.17. The van der Waals surface area contributed by atoms with Gasteiger partial charge in [0, 0.05) is 12.0 Å². The summed E-state index contributed by atoms with van der Waals surface area (Å²) in [4.78, 5) is 8.86. The van der Waals surface area contributed by atoms with Crippen molar-refractivity contribution in [2.45, 2.75) is 6.42 Å². The number of rotatable bonds is 4. The van der Waals surface area contributed by atoms with Crippen LogP contribution in [0.4, 0.5) is 0 Å². The minimum absolute atomic E-state index is 0.586. The van der Waals surface area contributed by atoms with Crippen molar-refractivity contribution in [3.05, 3.63) is 36.2 Å².